The van der Waals surface area contributed by atoms with Crippen molar-refractivity contribution in [3.8, 4) is 0 Å². The number of para-hydroxylation sites is 1. The standard InChI is InChI=1S/C21H21N3O2/c1-4-13-24(14-16-11-9-15(2)10-12-16)21(26)19-20(25)17-7-5-6-8-18(17)23(3)22-19/h4-12H,1,13-14H2,2-3H3. The van der Waals surface area contributed by atoms with Crippen LogP contribution in [0.4, 0.5) is 0 Å². The first kappa shape index (κ1) is 17.6. The van der Waals surface area contributed by atoms with Crippen LogP contribution in [-0.4, -0.2) is 27.1 Å². The van der Waals surface area contributed by atoms with E-state index >= 15 is 0 Å². The molecule has 0 spiro atoms. The summed E-state index contributed by atoms with van der Waals surface area (Å²) >= 11 is 0. The van der Waals surface area contributed by atoms with E-state index in [1.165, 1.54) is 0 Å². The van der Waals surface area contributed by atoms with E-state index < -0.39 is 5.91 Å². The molecule has 0 fully saturated rings. The monoisotopic (exact) mass is 347 g/mol. The van der Waals surface area contributed by atoms with E-state index in [2.05, 4.69) is 11.7 Å². The fourth-order valence-electron chi connectivity index (χ4n) is 2.90. The van der Waals surface area contributed by atoms with Gasteiger partial charge in [0.1, 0.15) is 0 Å². The van der Waals surface area contributed by atoms with Crippen molar-refractivity contribution in [2.24, 2.45) is 7.05 Å². The summed E-state index contributed by atoms with van der Waals surface area (Å²) in [6.07, 6.45) is 1.65. The maximum atomic E-state index is 13.0. The number of amides is 1. The minimum atomic E-state index is -0.392. The predicted octanol–water partition coefficient (Wildman–Crippen LogP) is 3.07. The highest BCUT2D eigenvalue weighted by Gasteiger charge is 2.22. The summed E-state index contributed by atoms with van der Waals surface area (Å²) in [5, 5.41) is 4.73. The molecule has 0 saturated heterocycles. The van der Waals surface area contributed by atoms with Crippen molar-refractivity contribution in [3.05, 3.63) is 88.2 Å². The lowest BCUT2D eigenvalue weighted by Gasteiger charge is -2.21. The first-order valence-electron chi connectivity index (χ1n) is 8.43. The molecule has 132 valence electrons. The van der Waals surface area contributed by atoms with Crippen LogP contribution >= 0.6 is 0 Å². The molecule has 3 aromatic rings. The molecule has 0 aliphatic heterocycles. The molecule has 1 amide bonds. The van der Waals surface area contributed by atoms with E-state index in [0.29, 0.717) is 24.0 Å². The second kappa shape index (κ2) is 7.35. The van der Waals surface area contributed by atoms with Gasteiger partial charge in [0.25, 0.3) is 5.91 Å². The SMILES string of the molecule is C=CCN(Cc1ccc(C)cc1)C(=O)c1nn(C)c2ccccc2c1=O. The Balaban J connectivity index is 2.00. The molecular weight excluding hydrogens is 326 g/mol. The maximum absolute atomic E-state index is 13.0. The van der Waals surface area contributed by atoms with Crippen LogP contribution in [-0.2, 0) is 13.6 Å². The molecule has 3 rings (SSSR count). The second-order valence-electron chi connectivity index (χ2n) is 6.28. The van der Waals surface area contributed by atoms with Crippen LogP contribution < -0.4 is 5.43 Å². The van der Waals surface area contributed by atoms with Gasteiger partial charge in [0.2, 0.25) is 5.43 Å². The lowest BCUT2D eigenvalue weighted by Crippen LogP contribution is -2.36. The molecule has 5 nitrogen and oxygen atoms in total. The molecule has 1 heterocycles. The minimum absolute atomic E-state index is 0.0693. The van der Waals surface area contributed by atoms with Crippen LogP contribution in [0.1, 0.15) is 21.6 Å². The third-order valence-electron chi connectivity index (χ3n) is 4.30. The summed E-state index contributed by atoms with van der Waals surface area (Å²) < 4.78 is 1.57. The van der Waals surface area contributed by atoms with Gasteiger partial charge in [-0.15, -0.1) is 6.58 Å². The Bertz CT molecular complexity index is 1020. The summed E-state index contributed by atoms with van der Waals surface area (Å²) in [6.45, 7) is 6.47. The number of benzene rings is 2. The second-order valence-corrected chi connectivity index (χ2v) is 6.28. The molecule has 0 unspecified atom stereocenters. The Kier molecular flexibility index (Phi) is 4.98. The molecule has 5 heteroatoms. The lowest BCUT2D eigenvalue weighted by molar-refractivity contribution is 0.0753. The van der Waals surface area contributed by atoms with Gasteiger partial charge in [0.05, 0.1) is 5.52 Å². The van der Waals surface area contributed by atoms with Gasteiger partial charge in [-0.1, -0.05) is 48.0 Å². The number of carbonyl (C=O) groups excluding carboxylic acids is 1. The average molecular weight is 347 g/mol. The number of hydrogen-bond donors (Lipinski definition) is 0. The normalized spacial score (nSPS) is 10.7. The first-order valence-corrected chi connectivity index (χ1v) is 8.43. The van der Waals surface area contributed by atoms with Gasteiger partial charge in [0, 0.05) is 25.5 Å². The van der Waals surface area contributed by atoms with Crippen LogP contribution in [0.5, 0.6) is 0 Å². The summed E-state index contributed by atoms with van der Waals surface area (Å²) in [4.78, 5) is 27.4. The highest BCUT2D eigenvalue weighted by molar-refractivity contribution is 5.95. The smallest absolute Gasteiger partial charge is 0.278 e. The number of carbonyl (C=O) groups is 1. The van der Waals surface area contributed by atoms with Crippen molar-refractivity contribution in [3.63, 3.8) is 0 Å². The molecular formula is C21H21N3O2. The third-order valence-corrected chi connectivity index (χ3v) is 4.30. The Hall–Kier alpha value is -3.21. The van der Waals surface area contributed by atoms with Crippen LogP contribution in [0.15, 0.2) is 66.0 Å². The van der Waals surface area contributed by atoms with Crippen molar-refractivity contribution in [1.29, 1.82) is 0 Å². The van der Waals surface area contributed by atoms with Gasteiger partial charge in [-0.2, -0.15) is 5.10 Å². The Morgan fingerprint density at radius 3 is 2.58 bits per heavy atom. The van der Waals surface area contributed by atoms with Gasteiger partial charge in [-0.05, 0) is 24.6 Å². The molecule has 0 atom stereocenters. The van der Waals surface area contributed by atoms with Crippen molar-refractivity contribution in [2.45, 2.75) is 13.5 Å². The molecule has 0 aliphatic carbocycles. The Labute approximate surface area is 152 Å². The number of nitrogens with zero attached hydrogens (tertiary/aromatic N) is 3. The van der Waals surface area contributed by atoms with E-state index in [9.17, 15) is 9.59 Å². The third kappa shape index (κ3) is 3.42. The van der Waals surface area contributed by atoms with Crippen molar-refractivity contribution in [1.82, 2.24) is 14.7 Å². The molecule has 1 aromatic heterocycles. The first-order chi connectivity index (χ1) is 12.5. The number of fused-ring (bicyclic) bond motifs is 1. The van der Waals surface area contributed by atoms with E-state index in [-0.39, 0.29) is 11.1 Å². The van der Waals surface area contributed by atoms with Gasteiger partial charge in [-0.3, -0.25) is 14.3 Å². The van der Waals surface area contributed by atoms with Gasteiger partial charge < -0.3 is 4.90 Å². The maximum Gasteiger partial charge on any atom is 0.278 e. The zero-order valence-electron chi connectivity index (χ0n) is 15.0. The Morgan fingerprint density at radius 1 is 1.19 bits per heavy atom. The zero-order valence-corrected chi connectivity index (χ0v) is 15.0. The van der Waals surface area contributed by atoms with E-state index in [4.69, 9.17) is 0 Å². The Morgan fingerprint density at radius 2 is 1.88 bits per heavy atom. The average Bonchev–Trinajstić information content (AvgIpc) is 2.65. The summed E-state index contributed by atoms with van der Waals surface area (Å²) in [6, 6.07) is 15.1. The minimum Gasteiger partial charge on any atom is -0.329 e. The van der Waals surface area contributed by atoms with Gasteiger partial charge >= 0.3 is 0 Å². The fourth-order valence-corrected chi connectivity index (χ4v) is 2.90. The lowest BCUT2D eigenvalue weighted by atomic mass is 10.1. The molecule has 26 heavy (non-hydrogen) atoms. The quantitative estimate of drug-likeness (QED) is 0.667. The van der Waals surface area contributed by atoms with Crippen molar-refractivity contribution in [2.75, 3.05) is 6.54 Å². The van der Waals surface area contributed by atoms with Crippen LogP contribution in [0.3, 0.4) is 0 Å². The summed E-state index contributed by atoms with van der Waals surface area (Å²) in [5.74, 6) is -0.392. The predicted molar refractivity (Wildman–Crippen MR) is 103 cm³/mol. The van der Waals surface area contributed by atoms with Crippen LogP contribution in [0, 0.1) is 6.92 Å². The highest BCUT2D eigenvalue weighted by atomic mass is 16.2. The van der Waals surface area contributed by atoms with Crippen molar-refractivity contribution >= 4 is 16.8 Å². The fraction of sp³-hybridized carbons (Fsp3) is 0.190. The molecule has 0 aliphatic rings. The molecule has 0 N–H and O–H groups in total. The zero-order chi connectivity index (χ0) is 18.7. The molecule has 0 radical (unpaired) electrons. The molecule has 2 aromatic carbocycles. The number of rotatable bonds is 5. The summed E-state index contributed by atoms with van der Waals surface area (Å²) in [5.41, 5.74) is 2.42. The summed E-state index contributed by atoms with van der Waals surface area (Å²) in [7, 11) is 1.73. The number of aromatic nitrogens is 2. The van der Waals surface area contributed by atoms with Gasteiger partial charge in [0.15, 0.2) is 5.69 Å². The van der Waals surface area contributed by atoms with Gasteiger partial charge in [-0.25, -0.2) is 0 Å². The largest absolute Gasteiger partial charge is 0.329 e. The van der Waals surface area contributed by atoms with E-state index in [1.807, 2.05) is 43.3 Å². The molecule has 0 bridgehead atoms. The van der Waals surface area contributed by atoms with E-state index in [1.54, 1.807) is 34.8 Å². The van der Waals surface area contributed by atoms with Crippen molar-refractivity contribution < 1.29 is 4.79 Å². The number of hydrogen-bond acceptors (Lipinski definition) is 3. The molecule has 0 saturated carbocycles. The number of aryl methyl sites for hydroxylation is 2. The van der Waals surface area contributed by atoms with Crippen LogP contribution in [0.2, 0.25) is 0 Å². The van der Waals surface area contributed by atoms with E-state index in [0.717, 1.165) is 11.1 Å². The van der Waals surface area contributed by atoms with Crippen LogP contribution in [0.25, 0.3) is 10.9 Å². The highest BCUT2D eigenvalue weighted by Crippen LogP contribution is 2.12. The topological polar surface area (TPSA) is 55.2 Å².